The van der Waals surface area contributed by atoms with Gasteiger partial charge in [0, 0.05) is 6.42 Å². The van der Waals surface area contributed by atoms with Crippen LogP contribution in [0.15, 0.2) is 18.2 Å². The molecule has 1 aromatic heterocycles. The van der Waals surface area contributed by atoms with Gasteiger partial charge in [0.2, 0.25) is 0 Å². The molecule has 5 nitrogen and oxygen atoms in total. The fraction of sp³-hybridized carbons (Fsp3) is 0.429. The summed E-state index contributed by atoms with van der Waals surface area (Å²) in [6, 6.07) is 8.35. The monoisotopic (exact) mass is 352 g/mol. The van der Waals surface area contributed by atoms with Gasteiger partial charge in [-0.3, -0.25) is 5.32 Å². The fourth-order valence-electron chi connectivity index (χ4n) is 3.70. The highest BCUT2D eigenvalue weighted by atomic mass is 16.5. The van der Waals surface area contributed by atoms with Crippen LogP contribution >= 0.6 is 0 Å². The highest BCUT2D eigenvalue weighted by Gasteiger charge is 2.23. The Morgan fingerprint density at radius 3 is 2.54 bits per heavy atom. The van der Waals surface area contributed by atoms with E-state index >= 15 is 0 Å². The van der Waals surface area contributed by atoms with Crippen LogP contribution in [0.4, 0.5) is 5.82 Å². The lowest BCUT2D eigenvalue weighted by Gasteiger charge is -2.18. The predicted octanol–water partition coefficient (Wildman–Crippen LogP) is 3.23. The molecule has 0 unspecified atom stereocenters. The summed E-state index contributed by atoms with van der Waals surface area (Å²) < 4.78 is 10.6. The van der Waals surface area contributed by atoms with Gasteiger partial charge in [-0.1, -0.05) is 6.07 Å². The van der Waals surface area contributed by atoms with E-state index in [1.807, 2.05) is 18.2 Å². The highest BCUT2D eigenvalue weighted by molar-refractivity contribution is 5.56. The minimum atomic E-state index is 0.731. The number of aromatic amines is 1. The summed E-state index contributed by atoms with van der Waals surface area (Å²) in [5.74, 6) is 2.31. The van der Waals surface area contributed by atoms with Crippen LogP contribution in [0, 0.1) is 18.3 Å². The van der Waals surface area contributed by atoms with E-state index < -0.39 is 0 Å². The molecule has 0 bridgehead atoms. The number of rotatable bonds is 6. The van der Waals surface area contributed by atoms with Gasteiger partial charge in [-0.05, 0) is 61.4 Å². The summed E-state index contributed by atoms with van der Waals surface area (Å²) in [5.41, 5.74) is 5.66. The maximum absolute atomic E-state index is 9.67. The van der Waals surface area contributed by atoms with E-state index in [0.717, 1.165) is 60.7 Å². The van der Waals surface area contributed by atoms with Crippen LogP contribution in [0.5, 0.6) is 11.5 Å². The van der Waals surface area contributed by atoms with E-state index in [4.69, 9.17) is 9.47 Å². The Bertz CT molecular complexity index is 840. The molecule has 2 aromatic rings. The molecule has 0 radical (unpaired) electrons. The number of fused-ring (bicyclic) bond motifs is 1. The van der Waals surface area contributed by atoms with Crippen LogP contribution < -0.4 is 19.8 Å². The molecule has 0 atom stereocenters. The first kappa shape index (κ1) is 18.1. The van der Waals surface area contributed by atoms with Crippen LogP contribution in [-0.4, -0.2) is 20.8 Å². The zero-order valence-corrected chi connectivity index (χ0v) is 15.7. The van der Waals surface area contributed by atoms with Gasteiger partial charge in [-0.25, -0.2) is 4.98 Å². The Kier molecular flexibility index (Phi) is 5.62. The number of H-pyrrole nitrogens is 1. The molecule has 0 amide bonds. The molecule has 0 spiro atoms. The lowest BCUT2D eigenvalue weighted by Crippen LogP contribution is -2.24. The van der Waals surface area contributed by atoms with Crippen molar-refractivity contribution in [2.45, 2.75) is 39.0 Å². The summed E-state index contributed by atoms with van der Waals surface area (Å²) in [7, 11) is 3.28. The van der Waals surface area contributed by atoms with Crippen molar-refractivity contribution >= 4 is 5.82 Å². The van der Waals surface area contributed by atoms with Crippen molar-refractivity contribution in [2.75, 3.05) is 26.1 Å². The molecule has 1 heterocycles. The summed E-state index contributed by atoms with van der Waals surface area (Å²) >= 11 is 0. The lowest BCUT2D eigenvalue weighted by atomic mass is 9.88. The summed E-state index contributed by atoms with van der Waals surface area (Å²) in [6.07, 6.45) is 5.26. The Labute approximate surface area is 155 Å². The number of hydrogen-bond acceptors (Lipinski definition) is 4. The lowest BCUT2D eigenvalue weighted by molar-refractivity contribution is -0.372. The average Bonchev–Trinajstić information content (AvgIpc) is 2.68. The van der Waals surface area contributed by atoms with Crippen molar-refractivity contribution in [1.29, 1.82) is 5.26 Å². The number of aryl methyl sites for hydroxylation is 1. The van der Waals surface area contributed by atoms with Crippen LogP contribution in [0.3, 0.4) is 0 Å². The summed E-state index contributed by atoms with van der Waals surface area (Å²) in [6.45, 7) is 2.84. The number of pyridine rings is 1. The van der Waals surface area contributed by atoms with Crippen molar-refractivity contribution in [3.05, 3.63) is 46.1 Å². The van der Waals surface area contributed by atoms with Gasteiger partial charge in [0.25, 0.3) is 5.82 Å². The number of anilines is 1. The number of benzene rings is 1. The van der Waals surface area contributed by atoms with Gasteiger partial charge in [0.1, 0.15) is 17.3 Å². The first-order chi connectivity index (χ1) is 12.7. The molecule has 0 saturated heterocycles. The maximum atomic E-state index is 9.67. The number of nitriles is 1. The van der Waals surface area contributed by atoms with Gasteiger partial charge < -0.3 is 9.47 Å². The maximum Gasteiger partial charge on any atom is 0.290 e. The smallest absolute Gasteiger partial charge is 0.290 e. The van der Waals surface area contributed by atoms with E-state index in [1.54, 1.807) is 14.2 Å². The van der Waals surface area contributed by atoms with E-state index in [0.29, 0.717) is 0 Å². The van der Waals surface area contributed by atoms with E-state index in [2.05, 4.69) is 23.3 Å². The van der Waals surface area contributed by atoms with Crippen LogP contribution in [0.1, 0.15) is 40.8 Å². The summed E-state index contributed by atoms with van der Waals surface area (Å²) in [4.78, 5) is 3.40. The first-order valence-electron chi connectivity index (χ1n) is 9.10. The zero-order valence-electron chi connectivity index (χ0n) is 15.7. The summed E-state index contributed by atoms with van der Waals surface area (Å²) in [5, 5.41) is 13.1. The molecule has 1 aliphatic carbocycles. The highest BCUT2D eigenvalue weighted by Crippen LogP contribution is 2.29. The van der Waals surface area contributed by atoms with Gasteiger partial charge in [0.15, 0.2) is 11.5 Å². The zero-order chi connectivity index (χ0) is 18.5. The third kappa shape index (κ3) is 3.60. The topological polar surface area (TPSA) is 68.4 Å². The van der Waals surface area contributed by atoms with Gasteiger partial charge >= 0.3 is 0 Å². The molecule has 26 heavy (non-hydrogen) atoms. The first-order valence-corrected chi connectivity index (χ1v) is 9.10. The Balaban J connectivity index is 1.74. The normalized spacial score (nSPS) is 12.8. The molecular weight excluding hydrogens is 326 g/mol. The number of aromatic nitrogens is 1. The number of nitrogens with zero attached hydrogens (tertiary/aromatic N) is 1. The second-order valence-corrected chi connectivity index (χ2v) is 6.64. The minimum Gasteiger partial charge on any atom is -0.493 e. The van der Waals surface area contributed by atoms with Gasteiger partial charge in [-0.2, -0.15) is 5.26 Å². The third-order valence-electron chi connectivity index (χ3n) is 5.06. The minimum absolute atomic E-state index is 0.731. The molecule has 5 heteroatoms. The third-order valence-corrected chi connectivity index (χ3v) is 5.06. The van der Waals surface area contributed by atoms with Crippen molar-refractivity contribution in [3.63, 3.8) is 0 Å². The molecule has 0 saturated carbocycles. The number of hydrogen-bond donors (Lipinski definition) is 1. The number of ether oxygens (including phenoxy) is 2. The second kappa shape index (κ2) is 8.09. The Hall–Kier alpha value is -2.74. The second-order valence-electron chi connectivity index (χ2n) is 6.64. The molecular formula is C21H26N3O2+. The number of methoxy groups -OCH3 is 2. The largest absolute Gasteiger partial charge is 0.493 e. The number of nitrogens with one attached hydrogen (secondary N) is 2. The molecule has 1 aromatic carbocycles. The van der Waals surface area contributed by atoms with Crippen molar-refractivity contribution in [2.24, 2.45) is 0 Å². The van der Waals surface area contributed by atoms with Crippen molar-refractivity contribution in [3.8, 4) is 17.6 Å². The SMILES string of the molecule is COc1ccc(CCNc2[nH+]c(C)c3c(c2C#N)CCCC3)cc1OC. The van der Waals surface area contributed by atoms with Crippen LogP contribution in [0.25, 0.3) is 0 Å². The molecule has 3 rings (SSSR count). The van der Waals surface area contributed by atoms with Crippen LogP contribution in [-0.2, 0) is 19.3 Å². The standard InChI is InChI=1S/C21H25N3O2/c1-14-16-6-4-5-7-17(16)18(13-22)21(24-14)23-11-10-15-8-9-19(25-2)20(12-15)26-3/h8-9,12H,4-7,10-11H2,1-3H3,(H,23,24)/p+1. The molecule has 136 valence electrons. The van der Waals surface area contributed by atoms with E-state index in [9.17, 15) is 5.26 Å². The quantitative estimate of drug-likeness (QED) is 0.867. The van der Waals surface area contributed by atoms with Crippen molar-refractivity contribution in [1.82, 2.24) is 0 Å². The Morgan fingerprint density at radius 2 is 1.85 bits per heavy atom. The van der Waals surface area contributed by atoms with E-state index in [-0.39, 0.29) is 0 Å². The molecule has 0 aliphatic heterocycles. The van der Waals surface area contributed by atoms with Crippen LogP contribution in [0.2, 0.25) is 0 Å². The molecule has 0 fully saturated rings. The average molecular weight is 352 g/mol. The fourth-order valence-corrected chi connectivity index (χ4v) is 3.70. The molecule has 1 aliphatic rings. The molecule has 2 N–H and O–H groups in total. The predicted molar refractivity (Wildman–Crippen MR) is 101 cm³/mol. The van der Waals surface area contributed by atoms with Gasteiger partial charge in [-0.15, -0.1) is 0 Å². The van der Waals surface area contributed by atoms with Crippen molar-refractivity contribution < 1.29 is 14.5 Å². The Morgan fingerprint density at radius 1 is 1.12 bits per heavy atom. The van der Waals surface area contributed by atoms with Gasteiger partial charge in [0.05, 0.1) is 20.8 Å². The van der Waals surface area contributed by atoms with E-state index in [1.165, 1.54) is 23.2 Å².